The molecule has 0 amide bonds. The predicted octanol–water partition coefficient (Wildman–Crippen LogP) is 4.72. The van der Waals surface area contributed by atoms with E-state index in [-0.39, 0.29) is 16.7 Å². The van der Waals surface area contributed by atoms with Crippen LogP contribution < -0.4 is 9.61 Å². The molecular formula is C20H16ClNO3S2. The van der Waals surface area contributed by atoms with Gasteiger partial charge >= 0.3 is 4.87 Å². The Balaban J connectivity index is 1.53. The summed E-state index contributed by atoms with van der Waals surface area (Å²) in [4.78, 5) is 27.1. The quantitative estimate of drug-likeness (QED) is 0.610. The number of aromatic nitrogens is 1. The van der Waals surface area contributed by atoms with Gasteiger partial charge in [-0.2, -0.15) is 0 Å². The fourth-order valence-electron chi connectivity index (χ4n) is 3.14. The van der Waals surface area contributed by atoms with Crippen molar-refractivity contribution < 1.29 is 9.53 Å². The number of hydrogen-bond acceptors (Lipinski definition) is 5. The molecule has 0 spiro atoms. The maximum Gasteiger partial charge on any atom is 0.305 e. The van der Waals surface area contributed by atoms with E-state index in [0.29, 0.717) is 17.4 Å². The molecule has 7 heteroatoms. The number of ether oxygens (including phenoxy) is 1. The Kier molecular flexibility index (Phi) is 5.38. The largest absolute Gasteiger partial charge is 0.489 e. The van der Waals surface area contributed by atoms with Gasteiger partial charge in [0.05, 0.1) is 5.03 Å². The summed E-state index contributed by atoms with van der Waals surface area (Å²) in [6.07, 6.45) is 0.996. The van der Waals surface area contributed by atoms with Gasteiger partial charge in [-0.3, -0.25) is 4.79 Å². The molecule has 0 saturated carbocycles. The van der Waals surface area contributed by atoms with Crippen LogP contribution in [0.15, 0.2) is 58.4 Å². The number of aldehydes is 1. The second-order valence-electron chi connectivity index (χ2n) is 6.28. The number of benzene rings is 2. The highest BCUT2D eigenvalue weighted by Crippen LogP contribution is 2.44. The Morgan fingerprint density at radius 2 is 1.89 bits per heavy atom. The number of halogens is 1. The van der Waals surface area contributed by atoms with Crippen molar-refractivity contribution in [3.63, 3.8) is 0 Å². The Hall–Kier alpha value is -2.02. The molecule has 0 radical (unpaired) electrons. The van der Waals surface area contributed by atoms with Crippen LogP contribution in [0, 0.1) is 5.92 Å². The second-order valence-corrected chi connectivity index (χ2v) is 8.76. The van der Waals surface area contributed by atoms with Crippen molar-refractivity contribution in [2.75, 3.05) is 5.75 Å². The molecule has 3 aromatic rings. The first-order valence-electron chi connectivity index (χ1n) is 8.42. The normalized spacial score (nSPS) is 18.7. The molecule has 0 bridgehead atoms. The topological polar surface area (TPSA) is 59.2 Å². The van der Waals surface area contributed by atoms with Crippen molar-refractivity contribution >= 4 is 41.0 Å². The summed E-state index contributed by atoms with van der Waals surface area (Å²) < 4.78 is 5.83. The van der Waals surface area contributed by atoms with Gasteiger partial charge in [-0.25, -0.2) is 0 Å². The third-order valence-electron chi connectivity index (χ3n) is 4.51. The van der Waals surface area contributed by atoms with E-state index >= 15 is 0 Å². The van der Waals surface area contributed by atoms with Gasteiger partial charge in [0.25, 0.3) is 0 Å². The number of H-pyrrole nitrogens is 1. The average Bonchev–Trinajstić information content (AvgIpc) is 3.07. The zero-order valence-corrected chi connectivity index (χ0v) is 16.6. The summed E-state index contributed by atoms with van der Waals surface area (Å²) in [7, 11) is 0. The number of thioether (sulfide) groups is 1. The van der Waals surface area contributed by atoms with Gasteiger partial charge in [0, 0.05) is 27.5 Å². The molecule has 2 heterocycles. The molecule has 138 valence electrons. The molecule has 1 N–H and O–H groups in total. The minimum atomic E-state index is -0.144. The average molecular weight is 418 g/mol. The van der Waals surface area contributed by atoms with Crippen LogP contribution in [0.5, 0.6) is 5.75 Å². The van der Waals surface area contributed by atoms with Gasteiger partial charge in [0.15, 0.2) is 0 Å². The molecule has 2 aromatic carbocycles. The van der Waals surface area contributed by atoms with Crippen LogP contribution in [-0.4, -0.2) is 17.0 Å². The van der Waals surface area contributed by atoms with Crippen LogP contribution in [0.4, 0.5) is 0 Å². The molecule has 1 aliphatic heterocycles. The van der Waals surface area contributed by atoms with E-state index in [4.69, 9.17) is 16.3 Å². The van der Waals surface area contributed by atoms with Crippen LogP contribution in [0.25, 0.3) is 0 Å². The van der Waals surface area contributed by atoms with E-state index in [1.54, 1.807) is 11.8 Å². The van der Waals surface area contributed by atoms with Crippen LogP contribution in [0.1, 0.15) is 21.9 Å². The van der Waals surface area contributed by atoms with Crippen molar-refractivity contribution in [3.8, 4) is 5.75 Å². The van der Waals surface area contributed by atoms with Crippen LogP contribution in [0.2, 0.25) is 5.02 Å². The summed E-state index contributed by atoms with van der Waals surface area (Å²) in [5, 5.41) is 1.58. The second kappa shape index (κ2) is 7.92. The molecule has 0 fully saturated rings. The van der Waals surface area contributed by atoms with Gasteiger partial charge in [-0.15, -0.1) is 11.8 Å². The van der Waals surface area contributed by atoms with Gasteiger partial charge in [-0.1, -0.05) is 47.2 Å². The fraction of sp³-hybridized carbons (Fsp3) is 0.200. The Labute approximate surface area is 169 Å². The first-order chi connectivity index (χ1) is 13.1. The number of carbonyl (C=O) groups excluding carboxylic acids is 1. The molecule has 2 atom stereocenters. The van der Waals surface area contributed by atoms with E-state index in [1.165, 1.54) is 11.3 Å². The van der Waals surface area contributed by atoms with E-state index < -0.39 is 0 Å². The van der Waals surface area contributed by atoms with E-state index in [9.17, 15) is 9.59 Å². The molecule has 4 nitrogen and oxygen atoms in total. The lowest BCUT2D eigenvalue weighted by Crippen LogP contribution is -2.21. The first kappa shape index (κ1) is 18.3. The molecule has 1 aliphatic rings. The third kappa shape index (κ3) is 3.98. The lowest BCUT2D eigenvalue weighted by molar-refractivity contribution is -0.110. The maximum atomic E-state index is 11.8. The van der Waals surface area contributed by atoms with Gasteiger partial charge in [-0.05, 0) is 35.4 Å². The number of rotatable bonds is 5. The van der Waals surface area contributed by atoms with E-state index in [1.807, 2.05) is 48.5 Å². The number of carbonyl (C=O) groups is 1. The zero-order chi connectivity index (χ0) is 18.8. The van der Waals surface area contributed by atoms with Crippen molar-refractivity contribution in [2.24, 2.45) is 5.92 Å². The lowest BCUT2D eigenvalue weighted by atomic mass is 9.86. The van der Waals surface area contributed by atoms with E-state index in [2.05, 4.69) is 4.98 Å². The minimum Gasteiger partial charge on any atom is -0.489 e. The predicted molar refractivity (Wildman–Crippen MR) is 109 cm³/mol. The van der Waals surface area contributed by atoms with Crippen molar-refractivity contribution in [1.82, 2.24) is 4.98 Å². The molecule has 0 saturated heterocycles. The van der Waals surface area contributed by atoms with Crippen LogP contribution in [-0.2, 0) is 11.4 Å². The summed E-state index contributed by atoms with van der Waals surface area (Å²) in [5.74, 6) is 1.19. The Morgan fingerprint density at radius 1 is 1.15 bits per heavy atom. The van der Waals surface area contributed by atoms with Gasteiger partial charge < -0.3 is 14.5 Å². The SMILES string of the molecule is O=CC1CSc2[nH]c(=O)sc2C1c1ccc(OCc2ccc(Cl)cc2)cc1. The highest BCUT2D eigenvalue weighted by atomic mass is 35.5. The number of fused-ring (bicyclic) bond motifs is 1. The van der Waals surface area contributed by atoms with Crippen molar-refractivity contribution in [3.05, 3.63) is 79.2 Å². The standard InChI is InChI=1S/C20H16ClNO3S2/c21-15-5-1-12(2-6-15)10-25-16-7-3-13(4-8-16)17-14(9-23)11-26-19-18(17)27-20(24)22-19/h1-9,14,17H,10-11H2,(H,22,24). The summed E-state index contributed by atoms with van der Waals surface area (Å²) >= 11 is 8.63. The molecule has 4 rings (SSSR count). The van der Waals surface area contributed by atoms with Crippen molar-refractivity contribution in [2.45, 2.75) is 17.6 Å². The summed E-state index contributed by atoms with van der Waals surface area (Å²) in [6.45, 7) is 0.455. The van der Waals surface area contributed by atoms with E-state index in [0.717, 1.165) is 33.1 Å². The zero-order valence-electron chi connectivity index (χ0n) is 14.2. The monoisotopic (exact) mass is 417 g/mol. The molecule has 27 heavy (non-hydrogen) atoms. The van der Waals surface area contributed by atoms with Gasteiger partial charge in [0.1, 0.15) is 18.6 Å². The van der Waals surface area contributed by atoms with Crippen molar-refractivity contribution in [1.29, 1.82) is 0 Å². The number of nitrogens with one attached hydrogen (secondary N) is 1. The first-order valence-corrected chi connectivity index (χ1v) is 10.6. The minimum absolute atomic E-state index is 0.0769. The number of aromatic amines is 1. The Morgan fingerprint density at radius 3 is 2.59 bits per heavy atom. The Bertz CT molecular complexity index is 995. The fourth-order valence-corrected chi connectivity index (χ4v) is 5.63. The lowest BCUT2D eigenvalue weighted by Gasteiger charge is -2.27. The maximum absolute atomic E-state index is 11.8. The third-order valence-corrected chi connectivity index (χ3v) is 7.01. The van der Waals surface area contributed by atoms with Crippen LogP contribution in [0.3, 0.4) is 0 Å². The molecule has 0 aliphatic carbocycles. The summed E-state index contributed by atoms with van der Waals surface area (Å²) in [6, 6.07) is 15.3. The molecule has 1 aromatic heterocycles. The highest BCUT2D eigenvalue weighted by Gasteiger charge is 2.33. The summed E-state index contributed by atoms with van der Waals surface area (Å²) in [5.41, 5.74) is 2.05. The molecular weight excluding hydrogens is 402 g/mol. The smallest absolute Gasteiger partial charge is 0.305 e. The van der Waals surface area contributed by atoms with Crippen LogP contribution >= 0.6 is 34.7 Å². The molecule has 2 unspecified atom stereocenters. The van der Waals surface area contributed by atoms with Gasteiger partial charge in [0.2, 0.25) is 0 Å². The highest BCUT2D eigenvalue weighted by molar-refractivity contribution is 7.99. The number of hydrogen-bond donors (Lipinski definition) is 1. The number of thiazole rings is 1.